The van der Waals surface area contributed by atoms with Crippen LogP contribution in [0.5, 0.6) is 0 Å². The summed E-state index contributed by atoms with van der Waals surface area (Å²) in [5, 5.41) is 13.4. The van der Waals surface area contributed by atoms with Gasteiger partial charge < -0.3 is 5.11 Å². The van der Waals surface area contributed by atoms with Gasteiger partial charge in [-0.3, -0.25) is 4.79 Å². The molecule has 0 aliphatic heterocycles. The van der Waals surface area contributed by atoms with Gasteiger partial charge in [-0.15, -0.1) is 0 Å². The van der Waals surface area contributed by atoms with E-state index in [0.29, 0.717) is 5.56 Å². The van der Waals surface area contributed by atoms with Crippen molar-refractivity contribution < 1.29 is 9.90 Å². The summed E-state index contributed by atoms with van der Waals surface area (Å²) in [5.74, 6) is -0.232. The molecule has 0 aliphatic rings. The molecule has 0 atom stereocenters. The van der Waals surface area contributed by atoms with Gasteiger partial charge in [0.2, 0.25) is 0 Å². The minimum atomic E-state index is -0.453. The minimum Gasteiger partial charge on any atom is -0.388 e. The predicted octanol–water partition coefficient (Wildman–Crippen LogP) is 3.48. The molecule has 3 rings (SSSR count). The van der Waals surface area contributed by atoms with E-state index in [1.165, 1.54) is 5.39 Å². The van der Waals surface area contributed by atoms with Gasteiger partial charge >= 0.3 is 0 Å². The highest BCUT2D eigenvalue weighted by molar-refractivity contribution is 6.17. The molecule has 0 bridgehead atoms. The van der Waals surface area contributed by atoms with Crippen LogP contribution in [0.4, 0.5) is 0 Å². The van der Waals surface area contributed by atoms with Crippen LogP contribution < -0.4 is 0 Å². The molecule has 0 heterocycles. The number of hydrogen-bond donors (Lipinski definition) is 1. The smallest absolute Gasteiger partial charge is 0.188 e. The Bertz CT molecular complexity index is 788. The summed E-state index contributed by atoms with van der Waals surface area (Å²) in [5.41, 5.74) is 1.66. The van der Waals surface area contributed by atoms with Crippen molar-refractivity contribution in [3.63, 3.8) is 0 Å². The molecule has 0 aromatic heterocycles. The maximum atomic E-state index is 11.9. The summed E-state index contributed by atoms with van der Waals surface area (Å²) < 4.78 is 0. The van der Waals surface area contributed by atoms with Crippen LogP contribution in [0.1, 0.15) is 15.9 Å². The fourth-order valence-corrected chi connectivity index (χ4v) is 2.69. The monoisotopic (exact) mass is 250 g/mol. The van der Waals surface area contributed by atoms with Crippen LogP contribution in [0, 0.1) is 6.92 Å². The van der Waals surface area contributed by atoms with Gasteiger partial charge in [0, 0.05) is 5.56 Å². The van der Waals surface area contributed by atoms with Crippen molar-refractivity contribution in [3.8, 4) is 0 Å². The Morgan fingerprint density at radius 1 is 1.05 bits per heavy atom. The molecule has 0 unspecified atom stereocenters. The molecule has 0 saturated carbocycles. The van der Waals surface area contributed by atoms with Crippen LogP contribution in [0.3, 0.4) is 0 Å². The number of aryl methyl sites for hydroxylation is 1. The lowest BCUT2D eigenvalue weighted by atomic mass is 9.93. The first-order valence-corrected chi connectivity index (χ1v) is 6.27. The molecule has 19 heavy (non-hydrogen) atoms. The van der Waals surface area contributed by atoms with E-state index >= 15 is 0 Å². The Labute approximate surface area is 111 Å². The number of aliphatic hydroxyl groups is 1. The molecule has 0 saturated heterocycles. The zero-order valence-corrected chi connectivity index (χ0v) is 10.7. The van der Waals surface area contributed by atoms with Crippen molar-refractivity contribution in [3.05, 3.63) is 59.7 Å². The first-order valence-electron chi connectivity index (χ1n) is 6.27. The Morgan fingerprint density at radius 2 is 1.79 bits per heavy atom. The van der Waals surface area contributed by atoms with E-state index in [9.17, 15) is 4.79 Å². The predicted molar refractivity (Wildman–Crippen MR) is 77.6 cm³/mol. The SMILES string of the molecule is Cc1cc2ccccc2c2cccc(C(=O)CO)c12. The molecule has 0 aliphatic carbocycles. The average molecular weight is 250 g/mol. The number of aliphatic hydroxyl groups excluding tert-OH is 1. The van der Waals surface area contributed by atoms with Gasteiger partial charge in [0.05, 0.1) is 0 Å². The van der Waals surface area contributed by atoms with Crippen LogP contribution in [0.15, 0.2) is 48.5 Å². The van der Waals surface area contributed by atoms with Gasteiger partial charge in [-0.25, -0.2) is 0 Å². The van der Waals surface area contributed by atoms with Crippen LogP contribution in [-0.2, 0) is 0 Å². The zero-order chi connectivity index (χ0) is 13.4. The normalized spacial score (nSPS) is 11.1. The standard InChI is InChI=1S/C17H14O2/c1-11-9-12-5-2-3-6-13(12)14-7-4-8-15(17(11)14)16(19)10-18/h2-9,18H,10H2,1H3. The second kappa shape index (κ2) is 4.48. The summed E-state index contributed by atoms with van der Waals surface area (Å²) in [6, 6.07) is 15.9. The molecule has 2 nitrogen and oxygen atoms in total. The highest BCUT2D eigenvalue weighted by Gasteiger charge is 2.12. The van der Waals surface area contributed by atoms with E-state index in [1.54, 1.807) is 6.07 Å². The number of hydrogen-bond acceptors (Lipinski definition) is 2. The summed E-state index contributed by atoms with van der Waals surface area (Å²) >= 11 is 0. The molecule has 3 aromatic rings. The van der Waals surface area contributed by atoms with E-state index < -0.39 is 6.61 Å². The molecular formula is C17H14O2. The second-order valence-electron chi connectivity index (χ2n) is 4.72. The average Bonchev–Trinajstić information content (AvgIpc) is 2.46. The fraction of sp³-hybridized carbons (Fsp3) is 0.118. The van der Waals surface area contributed by atoms with Crippen molar-refractivity contribution in [2.45, 2.75) is 6.92 Å². The third-order valence-corrected chi connectivity index (χ3v) is 3.53. The quantitative estimate of drug-likeness (QED) is 0.558. The molecule has 0 spiro atoms. The van der Waals surface area contributed by atoms with Crippen molar-refractivity contribution in [1.82, 2.24) is 0 Å². The number of rotatable bonds is 2. The molecule has 1 N–H and O–H groups in total. The van der Waals surface area contributed by atoms with Crippen LogP contribution >= 0.6 is 0 Å². The lowest BCUT2D eigenvalue weighted by molar-refractivity contribution is 0.0905. The Kier molecular flexibility index (Phi) is 2.80. The summed E-state index contributed by atoms with van der Waals surface area (Å²) in [4.78, 5) is 11.9. The highest BCUT2D eigenvalue weighted by Crippen LogP contribution is 2.30. The first kappa shape index (κ1) is 11.9. The molecule has 3 aromatic carbocycles. The van der Waals surface area contributed by atoms with Crippen LogP contribution in [-0.4, -0.2) is 17.5 Å². The maximum Gasteiger partial charge on any atom is 0.188 e. The van der Waals surface area contributed by atoms with E-state index in [1.807, 2.05) is 31.2 Å². The summed E-state index contributed by atoms with van der Waals surface area (Å²) in [6.45, 7) is 1.55. The topological polar surface area (TPSA) is 37.3 Å². The van der Waals surface area contributed by atoms with E-state index in [0.717, 1.165) is 21.7 Å². The number of ketones is 1. The summed E-state index contributed by atoms with van der Waals surface area (Å²) in [6.07, 6.45) is 0. The van der Waals surface area contributed by atoms with E-state index in [4.69, 9.17) is 5.11 Å². The first-order chi connectivity index (χ1) is 9.22. The molecule has 0 radical (unpaired) electrons. The van der Waals surface area contributed by atoms with Crippen molar-refractivity contribution >= 4 is 27.3 Å². The third kappa shape index (κ3) is 1.81. The number of carbonyl (C=O) groups excluding carboxylic acids is 1. The van der Waals surface area contributed by atoms with Crippen LogP contribution in [0.2, 0.25) is 0 Å². The Balaban J connectivity index is 2.51. The van der Waals surface area contributed by atoms with Gasteiger partial charge in [0.1, 0.15) is 6.61 Å². The Morgan fingerprint density at radius 3 is 2.58 bits per heavy atom. The molecule has 0 fully saturated rings. The second-order valence-corrected chi connectivity index (χ2v) is 4.72. The Hall–Kier alpha value is -2.19. The maximum absolute atomic E-state index is 11.9. The van der Waals surface area contributed by atoms with Gasteiger partial charge in [0.25, 0.3) is 0 Å². The van der Waals surface area contributed by atoms with Gasteiger partial charge in [0.15, 0.2) is 5.78 Å². The van der Waals surface area contributed by atoms with Crippen molar-refractivity contribution in [1.29, 1.82) is 0 Å². The lowest BCUT2D eigenvalue weighted by Crippen LogP contribution is -2.05. The third-order valence-electron chi connectivity index (χ3n) is 3.53. The van der Waals surface area contributed by atoms with E-state index in [-0.39, 0.29) is 5.78 Å². The van der Waals surface area contributed by atoms with Crippen molar-refractivity contribution in [2.75, 3.05) is 6.61 Å². The summed E-state index contributed by atoms with van der Waals surface area (Å²) in [7, 11) is 0. The molecule has 94 valence electrons. The number of fused-ring (bicyclic) bond motifs is 3. The highest BCUT2D eigenvalue weighted by atomic mass is 16.3. The number of carbonyl (C=O) groups is 1. The number of benzene rings is 3. The van der Waals surface area contributed by atoms with E-state index in [2.05, 4.69) is 18.2 Å². The molecular weight excluding hydrogens is 236 g/mol. The largest absolute Gasteiger partial charge is 0.388 e. The van der Waals surface area contributed by atoms with Gasteiger partial charge in [-0.1, -0.05) is 48.5 Å². The van der Waals surface area contributed by atoms with Gasteiger partial charge in [-0.05, 0) is 34.0 Å². The molecule has 2 heteroatoms. The zero-order valence-electron chi connectivity index (χ0n) is 10.7. The fourth-order valence-electron chi connectivity index (χ4n) is 2.69. The van der Waals surface area contributed by atoms with Crippen molar-refractivity contribution in [2.24, 2.45) is 0 Å². The van der Waals surface area contributed by atoms with Crippen LogP contribution in [0.25, 0.3) is 21.5 Å². The lowest BCUT2D eigenvalue weighted by Gasteiger charge is -2.11. The minimum absolute atomic E-state index is 0.232. The molecule has 0 amide bonds. The number of Topliss-reactive ketones (excluding diaryl/α,β-unsaturated/α-hetero) is 1. The van der Waals surface area contributed by atoms with Gasteiger partial charge in [-0.2, -0.15) is 0 Å².